The van der Waals surface area contributed by atoms with Gasteiger partial charge >= 0.3 is 6.18 Å². The molecule has 10 heteroatoms. The number of alkyl halides is 3. The molecule has 33 heavy (non-hydrogen) atoms. The van der Waals surface area contributed by atoms with E-state index in [1.165, 1.54) is 25.1 Å². The van der Waals surface area contributed by atoms with Crippen LogP contribution in [0.2, 0.25) is 5.02 Å². The van der Waals surface area contributed by atoms with Crippen molar-refractivity contribution < 1.29 is 18.0 Å². The summed E-state index contributed by atoms with van der Waals surface area (Å²) < 4.78 is 41.3. The molecule has 1 saturated heterocycles. The van der Waals surface area contributed by atoms with Crippen LogP contribution in [0.15, 0.2) is 47.3 Å². The maximum atomic E-state index is 13.5. The minimum atomic E-state index is -4.92. The number of hydrogen-bond donors (Lipinski definition) is 0. The van der Waals surface area contributed by atoms with Crippen LogP contribution in [0.4, 0.5) is 18.9 Å². The highest BCUT2D eigenvalue weighted by atomic mass is 35.5. The van der Waals surface area contributed by atoms with Crippen molar-refractivity contribution in [3.8, 4) is 0 Å². The summed E-state index contributed by atoms with van der Waals surface area (Å²) in [6, 6.07) is 10.5. The van der Waals surface area contributed by atoms with Crippen LogP contribution in [0.1, 0.15) is 24.2 Å². The predicted molar refractivity (Wildman–Crippen MR) is 121 cm³/mol. The van der Waals surface area contributed by atoms with Gasteiger partial charge in [0.2, 0.25) is 11.6 Å². The first-order chi connectivity index (χ1) is 15.6. The number of rotatable bonds is 3. The quantitative estimate of drug-likeness (QED) is 0.563. The molecule has 1 aromatic heterocycles. The average Bonchev–Trinajstić information content (AvgIpc) is 2.79. The lowest BCUT2D eigenvalue weighted by molar-refractivity contribution is -0.143. The fourth-order valence-electron chi connectivity index (χ4n) is 4.19. The van der Waals surface area contributed by atoms with Gasteiger partial charge in [-0.05, 0) is 43.7 Å². The summed E-state index contributed by atoms with van der Waals surface area (Å²) in [6.07, 6.45) is -4.92. The van der Waals surface area contributed by atoms with Crippen LogP contribution in [-0.4, -0.2) is 46.5 Å². The highest BCUT2D eigenvalue weighted by molar-refractivity contribution is 6.30. The molecule has 174 valence electrons. The number of aromatic nitrogens is 2. The molecule has 1 atom stereocenters. The van der Waals surface area contributed by atoms with E-state index in [0.717, 1.165) is 15.8 Å². The maximum Gasteiger partial charge on any atom is 0.438 e. The Balaban J connectivity index is 1.61. The fraction of sp³-hybridized carbons (Fsp3) is 0.348. The van der Waals surface area contributed by atoms with Crippen LogP contribution in [-0.2, 0) is 11.0 Å². The summed E-state index contributed by atoms with van der Waals surface area (Å²) in [7, 11) is 0. The Morgan fingerprint density at radius 2 is 1.76 bits per heavy atom. The average molecular weight is 479 g/mol. The number of para-hydroxylation sites is 2. The second-order valence-corrected chi connectivity index (χ2v) is 8.48. The van der Waals surface area contributed by atoms with Gasteiger partial charge in [-0.25, -0.2) is 4.98 Å². The largest absolute Gasteiger partial charge is 0.438 e. The van der Waals surface area contributed by atoms with E-state index in [-0.39, 0.29) is 11.0 Å². The summed E-state index contributed by atoms with van der Waals surface area (Å²) >= 11 is 6.12. The van der Waals surface area contributed by atoms with E-state index in [0.29, 0.717) is 31.2 Å². The molecular formula is C23H22ClF3N4O2. The third-order valence-corrected chi connectivity index (χ3v) is 6.15. The van der Waals surface area contributed by atoms with E-state index >= 15 is 0 Å². The Morgan fingerprint density at radius 3 is 2.42 bits per heavy atom. The van der Waals surface area contributed by atoms with Gasteiger partial charge in [0.1, 0.15) is 6.04 Å². The lowest BCUT2D eigenvalue weighted by atomic mass is 10.1. The number of benzene rings is 2. The Kier molecular flexibility index (Phi) is 6.09. The Hall–Kier alpha value is -3.07. The fourth-order valence-corrected chi connectivity index (χ4v) is 4.36. The molecule has 6 nitrogen and oxygen atoms in total. The minimum Gasteiger partial charge on any atom is -0.368 e. The van der Waals surface area contributed by atoms with Gasteiger partial charge in [0.15, 0.2) is 0 Å². The standard InChI is InChI=1S/C23H22ClF3N4O2/c1-14-7-8-16(24)13-19(14)29-9-11-30(12-10-29)21(32)15(2)31-18-6-4-3-5-17(18)28-20(22(31)33)23(25,26)27/h3-8,13,15H,9-12H2,1-2H3/t15-/m0/s1. The SMILES string of the molecule is Cc1ccc(Cl)cc1N1CCN(C(=O)[C@H](C)n2c(=O)c(C(F)(F)F)nc3ccccc32)CC1. The molecule has 2 aromatic carbocycles. The van der Waals surface area contributed by atoms with Crippen molar-refractivity contribution in [1.29, 1.82) is 0 Å². The Labute approximate surface area is 193 Å². The van der Waals surface area contributed by atoms with Gasteiger partial charge < -0.3 is 9.80 Å². The topological polar surface area (TPSA) is 58.4 Å². The van der Waals surface area contributed by atoms with Crippen LogP contribution in [0.5, 0.6) is 0 Å². The normalized spacial score (nSPS) is 15.7. The smallest absolute Gasteiger partial charge is 0.368 e. The van der Waals surface area contributed by atoms with E-state index < -0.39 is 29.4 Å². The second-order valence-electron chi connectivity index (χ2n) is 8.04. The van der Waals surface area contributed by atoms with Gasteiger partial charge in [-0.2, -0.15) is 13.2 Å². The monoisotopic (exact) mass is 478 g/mol. The van der Waals surface area contributed by atoms with Crippen molar-refractivity contribution >= 4 is 34.2 Å². The molecule has 1 fully saturated rings. The highest BCUT2D eigenvalue weighted by Gasteiger charge is 2.39. The highest BCUT2D eigenvalue weighted by Crippen LogP contribution is 2.28. The molecule has 1 aliphatic rings. The third-order valence-electron chi connectivity index (χ3n) is 5.91. The summed E-state index contributed by atoms with van der Waals surface area (Å²) in [5.74, 6) is -0.413. The number of aryl methyl sites for hydroxylation is 1. The summed E-state index contributed by atoms with van der Waals surface area (Å²) in [6.45, 7) is 5.26. The van der Waals surface area contributed by atoms with Crippen molar-refractivity contribution in [2.75, 3.05) is 31.1 Å². The molecule has 0 saturated carbocycles. The summed E-state index contributed by atoms with van der Waals surface area (Å²) in [5.41, 5.74) is -0.622. The van der Waals surface area contributed by atoms with E-state index in [1.54, 1.807) is 11.0 Å². The molecule has 0 aliphatic carbocycles. The molecule has 0 radical (unpaired) electrons. The first-order valence-corrected chi connectivity index (χ1v) is 10.8. The number of halogens is 4. The number of hydrogen-bond acceptors (Lipinski definition) is 4. The van der Waals surface area contributed by atoms with Gasteiger partial charge in [-0.1, -0.05) is 29.8 Å². The molecule has 0 bridgehead atoms. The molecule has 1 amide bonds. The van der Waals surface area contributed by atoms with Crippen molar-refractivity contribution in [1.82, 2.24) is 14.5 Å². The number of piperazine rings is 1. The van der Waals surface area contributed by atoms with E-state index in [2.05, 4.69) is 9.88 Å². The van der Waals surface area contributed by atoms with Crippen molar-refractivity contribution in [3.63, 3.8) is 0 Å². The summed E-state index contributed by atoms with van der Waals surface area (Å²) in [4.78, 5) is 33.2. The van der Waals surface area contributed by atoms with E-state index in [4.69, 9.17) is 11.6 Å². The van der Waals surface area contributed by atoms with Crippen LogP contribution >= 0.6 is 11.6 Å². The zero-order valence-electron chi connectivity index (χ0n) is 18.1. The Morgan fingerprint density at radius 1 is 1.09 bits per heavy atom. The zero-order chi connectivity index (χ0) is 23.9. The molecule has 0 N–H and O–H groups in total. The maximum absolute atomic E-state index is 13.5. The van der Waals surface area contributed by atoms with Gasteiger partial charge in [-0.3, -0.25) is 14.2 Å². The van der Waals surface area contributed by atoms with Gasteiger partial charge in [0.05, 0.1) is 11.0 Å². The van der Waals surface area contributed by atoms with E-state index in [9.17, 15) is 22.8 Å². The summed E-state index contributed by atoms with van der Waals surface area (Å²) in [5, 5.41) is 0.618. The van der Waals surface area contributed by atoms with Gasteiger partial charge in [0.25, 0.3) is 5.56 Å². The first-order valence-electron chi connectivity index (χ1n) is 10.5. The number of carbonyl (C=O) groups is 1. The number of amides is 1. The molecule has 2 heterocycles. The number of fused-ring (bicyclic) bond motifs is 1. The van der Waals surface area contributed by atoms with Crippen molar-refractivity contribution in [2.45, 2.75) is 26.1 Å². The predicted octanol–water partition coefficient (Wildman–Crippen LogP) is 4.29. The van der Waals surface area contributed by atoms with Crippen molar-refractivity contribution in [2.24, 2.45) is 0 Å². The van der Waals surface area contributed by atoms with Crippen LogP contribution in [0.25, 0.3) is 11.0 Å². The molecule has 1 aliphatic heterocycles. The minimum absolute atomic E-state index is 0.00493. The molecule has 3 aromatic rings. The van der Waals surface area contributed by atoms with Crippen LogP contribution in [0, 0.1) is 6.92 Å². The zero-order valence-corrected chi connectivity index (χ0v) is 18.8. The van der Waals surface area contributed by atoms with Gasteiger partial charge in [0, 0.05) is 36.9 Å². The lowest BCUT2D eigenvalue weighted by Crippen LogP contribution is -2.51. The molecule has 0 spiro atoms. The third kappa shape index (κ3) is 4.42. The lowest BCUT2D eigenvalue weighted by Gasteiger charge is -2.38. The van der Waals surface area contributed by atoms with Crippen LogP contribution < -0.4 is 10.5 Å². The van der Waals surface area contributed by atoms with E-state index in [1.807, 2.05) is 25.1 Å². The second kappa shape index (κ2) is 8.70. The van der Waals surface area contributed by atoms with Crippen LogP contribution in [0.3, 0.4) is 0 Å². The Bertz CT molecular complexity index is 1270. The number of nitrogens with zero attached hydrogens (tertiary/aromatic N) is 4. The van der Waals surface area contributed by atoms with Crippen molar-refractivity contribution in [3.05, 3.63) is 69.1 Å². The molecule has 0 unspecified atom stereocenters. The molecular weight excluding hydrogens is 457 g/mol. The van der Waals surface area contributed by atoms with Gasteiger partial charge in [-0.15, -0.1) is 0 Å². The number of anilines is 1. The number of carbonyl (C=O) groups excluding carboxylic acids is 1. The first kappa shape index (κ1) is 23.1. The molecule has 4 rings (SSSR count).